The van der Waals surface area contributed by atoms with Crippen molar-refractivity contribution in [1.82, 2.24) is 10.6 Å². The van der Waals surface area contributed by atoms with E-state index in [1.165, 1.54) is 0 Å². The SMILES string of the molecule is CN=C(NC)NCc1cc(Br)c2c(c1)OCO2.I. The van der Waals surface area contributed by atoms with Crippen LogP contribution in [0.5, 0.6) is 11.5 Å². The van der Waals surface area contributed by atoms with Gasteiger partial charge < -0.3 is 20.1 Å². The zero-order chi connectivity index (χ0) is 12.3. The number of aliphatic imine (C=N–C) groups is 1. The molecule has 2 rings (SSSR count). The van der Waals surface area contributed by atoms with E-state index in [2.05, 4.69) is 31.6 Å². The Kier molecular flexibility index (Phi) is 6.00. The van der Waals surface area contributed by atoms with Gasteiger partial charge in [-0.1, -0.05) is 0 Å². The van der Waals surface area contributed by atoms with Gasteiger partial charge in [0.1, 0.15) is 0 Å². The van der Waals surface area contributed by atoms with E-state index >= 15 is 0 Å². The second kappa shape index (κ2) is 7.03. The maximum absolute atomic E-state index is 5.35. The summed E-state index contributed by atoms with van der Waals surface area (Å²) in [5.41, 5.74) is 1.09. The molecule has 0 aliphatic carbocycles. The number of nitrogens with one attached hydrogen (secondary N) is 2. The molecule has 0 saturated carbocycles. The summed E-state index contributed by atoms with van der Waals surface area (Å²) in [5.74, 6) is 2.29. The maximum atomic E-state index is 5.35. The van der Waals surface area contributed by atoms with E-state index in [1.807, 2.05) is 19.2 Å². The number of ether oxygens (including phenoxy) is 2. The van der Waals surface area contributed by atoms with Crippen molar-refractivity contribution >= 4 is 45.9 Å². The predicted molar refractivity (Wildman–Crippen MR) is 84.9 cm³/mol. The Balaban J connectivity index is 0.00000162. The zero-order valence-corrected chi connectivity index (χ0v) is 14.0. The lowest BCUT2D eigenvalue weighted by atomic mass is 10.2. The summed E-state index contributed by atoms with van der Waals surface area (Å²) < 4.78 is 11.6. The highest BCUT2D eigenvalue weighted by Gasteiger charge is 2.17. The molecule has 5 nitrogen and oxygen atoms in total. The fourth-order valence-corrected chi connectivity index (χ4v) is 2.19. The second-order valence-corrected chi connectivity index (χ2v) is 4.34. The highest BCUT2D eigenvalue weighted by Crippen LogP contribution is 2.39. The van der Waals surface area contributed by atoms with Crippen molar-refractivity contribution in [3.05, 3.63) is 22.2 Å². The highest BCUT2D eigenvalue weighted by molar-refractivity contribution is 14.0. The average Bonchev–Trinajstić information content (AvgIpc) is 2.79. The molecule has 1 aliphatic heterocycles. The van der Waals surface area contributed by atoms with Crippen molar-refractivity contribution < 1.29 is 9.47 Å². The molecule has 0 atom stereocenters. The number of hydrogen-bond acceptors (Lipinski definition) is 3. The van der Waals surface area contributed by atoms with Gasteiger partial charge in [0.25, 0.3) is 0 Å². The molecule has 18 heavy (non-hydrogen) atoms. The Morgan fingerprint density at radius 2 is 2.22 bits per heavy atom. The summed E-state index contributed by atoms with van der Waals surface area (Å²) in [4.78, 5) is 4.04. The Hall–Kier alpha value is -0.700. The van der Waals surface area contributed by atoms with Gasteiger partial charge in [0, 0.05) is 20.6 Å². The molecule has 1 heterocycles. The van der Waals surface area contributed by atoms with Gasteiger partial charge in [0.05, 0.1) is 4.47 Å². The lowest BCUT2D eigenvalue weighted by Crippen LogP contribution is -2.34. The third-order valence-electron chi connectivity index (χ3n) is 2.41. The number of rotatable bonds is 2. The van der Waals surface area contributed by atoms with Crippen LogP contribution in [0.4, 0.5) is 0 Å². The number of halogens is 2. The Bertz CT molecular complexity index is 454. The number of nitrogens with zero attached hydrogens (tertiary/aromatic N) is 1. The molecule has 7 heteroatoms. The van der Waals surface area contributed by atoms with E-state index in [1.54, 1.807) is 7.05 Å². The quantitative estimate of drug-likeness (QED) is 0.431. The molecule has 0 aromatic heterocycles. The summed E-state index contributed by atoms with van der Waals surface area (Å²) >= 11 is 3.46. The first-order valence-electron chi connectivity index (χ1n) is 5.21. The van der Waals surface area contributed by atoms with Crippen molar-refractivity contribution in [1.29, 1.82) is 0 Å². The van der Waals surface area contributed by atoms with Crippen molar-refractivity contribution in [2.24, 2.45) is 4.99 Å². The Morgan fingerprint density at radius 1 is 1.44 bits per heavy atom. The van der Waals surface area contributed by atoms with Crippen LogP contribution in [0.2, 0.25) is 0 Å². The van der Waals surface area contributed by atoms with Crippen LogP contribution in [-0.4, -0.2) is 26.8 Å². The summed E-state index contributed by atoms with van der Waals surface area (Å²) in [6.45, 7) is 0.950. The molecule has 0 saturated heterocycles. The molecule has 1 aromatic carbocycles. The number of fused-ring (bicyclic) bond motifs is 1. The van der Waals surface area contributed by atoms with Crippen LogP contribution in [0.25, 0.3) is 0 Å². The van der Waals surface area contributed by atoms with E-state index < -0.39 is 0 Å². The number of hydrogen-bond donors (Lipinski definition) is 2. The van der Waals surface area contributed by atoms with Crippen LogP contribution in [0, 0.1) is 0 Å². The van der Waals surface area contributed by atoms with E-state index in [0.717, 1.165) is 27.5 Å². The van der Waals surface area contributed by atoms with Crippen molar-refractivity contribution in [2.75, 3.05) is 20.9 Å². The minimum Gasteiger partial charge on any atom is -0.454 e. The first-order chi connectivity index (χ1) is 8.24. The van der Waals surface area contributed by atoms with Gasteiger partial charge in [-0.2, -0.15) is 0 Å². The summed E-state index contributed by atoms with van der Waals surface area (Å²) in [6.07, 6.45) is 0. The molecule has 0 radical (unpaired) electrons. The molecule has 100 valence electrons. The van der Waals surface area contributed by atoms with Crippen molar-refractivity contribution in [3.8, 4) is 11.5 Å². The van der Waals surface area contributed by atoms with Crippen molar-refractivity contribution in [2.45, 2.75) is 6.54 Å². The number of benzene rings is 1. The van der Waals surface area contributed by atoms with Gasteiger partial charge in [-0.15, -0.1) is 24.0 Å². The van der Waals surface area contributed by atoms with Crippen LogP contribution in [0.1, 0.15) is 5.56 Å². The molecule has 1 aliphatic rings. The topological polar surface area (TPSA) is 54.9 Å². The monoisotopic (exact) mass is 427 g/mol. The standard InChI is InChI=1S/C11H14BrN3O2.HI/c1-13-11(14-2)15-5-7-3-8(12)10-9(4-7)16-6-17-10;/h3-4H,5-6H2,1-2H3,(H2,13,14,15);1H. The van der Waals surface area contributed by atoms with Crippen LogP contribution in [0.3, 0.4) is 0 Å². The molecular weight excluding hydrogens is 413 g/mol. The van der Waals surface area contributed by atoms with E-state index in [9.17, 15) is 0 Å². The van der Waals surface area contributed by atoms with Crippen LogP contribution < -0.4 is 20.1 Å². The fraction of sp³-hybridized carbons (Fsp3) is 0.364. The highest BCUT2D eigenvalue weighted by atomic mass is 127. The molecule has 1 aromatic rings. The van der Waals surface area contributed by atoms with E-state index in [0.29, 0.717) is 6.54 Å². The third-order valence-corrected chi connectivity index (χ3v) is 3.00. The van der Waals surface area contributed by atoms with Gasteiger partial charge in [-0.05, 0) is 33.6 Å². The van der Waals surface area contributed by atoms with Gasteiger partial charge in [-0.3, -0.25) is 4.99 Å². The molecule has 2 N–H and O–H groups in total. The summed E-state index contributed by atoms with van der Waals surface area (Å²) in [5, 5.41) is 6.14. The predicted octanol–water partition coefficient (Wildman–Crippen LogP) is 2.09. The smallest absolute Gasteiger partial charge is 0.231 e. The normalized spacial score (nSPS) is 12.9. The van der Waals surface area contributed by atoms with Crippen LogP contribution in [0.15, 0.2) is 21.6 Å². The zero-order valence-electron chi connectivity index (χ0n) is 10.1. The fourth-order valence-electron chi connectivity index (χ4n) is 1.59. The minimum absolute atomic E-state index is 0. The first kappa shape index (κ1) is 15.4. The lowest BCUT2D eigenvalue weighted by Gasteiger charge is -2.09. The molecule has 0 unspecified atom stereocenters. The average molecular weight is 428 g/mol. The first-order valence-corrected chi connectivity index (χ1v) is 6.00. The molecule has 0 spiro atoms. The van der Waals surface area contributed by atoms with Gasteiger partial charge in [0.15, 0.2) is 17.5 Å². The van der Waals surface area contributed by atoms with E-state index in [-0.39, 0.29) is 30.8 Å². The van der Waals surface area contributed by atoms with Crippen LogP contribution in [-0.2, 0) is 6.54 Å². The van der Waals surface area contributed by atoms with E-state index in [4.69, 9.17) is 9.47 Å². The van der Waals surface area contributed by atoms with Crippen LogP contribution >= 0.6 is 39.9 Å². The molecule has 0 bridgehead atoms. The largest absolute Gasteiger partial charge is 0.454 e. The lowest BCUT2D eigenvalue weighted by molar-refractivity contribution is 0.173. The summed E-state index contributed by atoms with van der Waals surface area (Å²) in [7, 11) is 3.55. The van der Waals surface area contributed by atoms with Gasteiger partial charge >= 0.3 is 0 Å². The minimum atomic E-state index is 0. The molecule has 0 fully saturated rings. The number of guanidine groups is 1. The van der Waals surface area contributed by atoms with Gasteiger partial charge in [0.2, 0.25) is 6.79 Å². The van der Waals surface area contributed by atoms with Crippen molar-refractivity contribution in [3.63, 3.8) is 0 Å². The summed E-state index contributed by atoms with van der Waals surface area (Å²) in [6, 6.07) is 3.96. The Labute approximate surface area is 131 Å². The molecule has 0 amide bonds. The molecular formula is C11H15BrIN3O2. The Morgan fingerprint density at radius 3 is 2.89 bits per heavy atom. The van der Waals surface area contributed by atoms with Gasteiger partial charge in [-0.25, -0.2) is 0 Å². The second-order valence-electron chi connectivity index (χ2n) is 3.49. The maximum Gasteiger partial charge on any atom is 0.231 e. The third kappa shape index (κ3) is 3.41.